The van der Waals surface area contributed by atoms with E-state index < -0.39 is 18.0 Å². The molecule has 0 N–H and O–H groups in total. The van der Waals surface area contributed by atoms with Crippen molar-refractivity contribution in [2.45, 2.75) is 38.8 Å². The Labute approximate surface area is 140 Å². The van der Waals surface area contributed by atoms with Crippen LogP contribution >= 0.6 is 0 Å². The van der Waals surface area contributed by atoms with Crippen molar-refractivity contribution in [3.8, 4) is 0 Å². The first-order valence-corrected chi connectivity index (χ1v) is 7.56. The first-order valence-electron chi connectivity index (χ1n) is 7.56. The fourth-order valence-electron chi connectivity index (χ4n) is 2.57. The van der Waals surface area contributed by atoms with Crippen molar-refractivity contribution >= 4 is 5.91 Å². The summed E-state index contributed by atoms with van der Waals surface area (Å²) in [5, 5.41) is 7.08. The van der Waals surface area contributed by atoms with Gasteiger partial charge in [-0.05, 0) is 19.9 Å². The van der Waals surface area contributed by atoms with Gasteiger partial charge in [-0.2, -0.15) is 23.3 Å². The largest absolute Gasteiger partial charge is 0.435 e. The zero-order chi connectivity index (χ0) is 18.2. The Bertz CT molecular complexity index is 757. The number of amides is 1. The highest BCUT2D eigenvalue weighted by Crippen LogP contribution is 2.27. The number of aryl methyl sites for hydroxylation is 1. The maximum atomic E-state index is 12.6. The van der Waals surface area contributed by atoms with Crippen LogP contribution in [0.15, 0.2) is 16.8 Å². The van der Waals surface area contributed by atoms with Gasteiger partial charge in [0.1, 0.15) is 6.54 Å². The van der Waals surface area contributed by atoms with Crippen molar-refractivity contribution in [1.82, 2.24) is 24.8 Å². The van der Waals surface area contributed by atoms with Crippen molar-refractivity contribution < 1.29 is 27.2 Å². The van der Waals surface area contributed by atoms with Gasteiger partial charge in [0.05, 0.1) is 12.6 Å². The maximum Gasteiger partial charge on any atom is 0.435 e. The van der Waals surface area contributed by atoms with E-state index in [1.54, 1.807) is 13.8 Å². The van der Waals surface area contributed by atoms with Gasteiger partial charge in [0.15, 0.2) is 17.6 Å². The summed E-state index contributed by atoms with van der Waals surface area (Å²) in [6, 6.07) is 0.833. The van der Waals surface area contributed by atoms with Crippen molar-refractivity contribution in [2.24, 2.45) is 0 Å². The third-order valence-electron chi connectivity index (χ3n) is 3.66. The van der Waals surface area contributed by atoms with E-state index in [0.717, 1.165) is 16.9 Å². The average Bonchev–Trinajstić information content (AvgIpc) is 3.15. The molecule has 0 aromatic carbocycles. The lowest BCUT2D eigenvalue weighted by molar-refractivity contribution is -0.148. The molecule has 2 atom stereocenters. The standard InChI is InChI=1S/C14H16F3N5O3/c1-8-5-21(6-10(24-8)13-18-9(2)20-25-13)12(23)7-22-4-3-11(19-22)14(15,16)17/h3-4,8,10H,5-7H2,1-2H3/t8-,10-/m1/s1. The van der Waals surface area contributed by atoms with E-state index in [1.165, 1.54) is 4.90 Å². The summed E-state index contributed by atoms with van der Waals surface area (Å²) in [4.78, 5) is 18.0. The number of halogens is 3. The lowest BCUT2D eigenvalue weighted by Crippen LogP contribution is -2.47. The number of rotatable bonds is 3. The second-order valence-electron chi connectivity index (χ2n) is 5.81. The van der Waals surface area contributed by atoms with Gasteiger partial charge in [-0.1, -0.05) is 5.16 Å². The highest BCUT2D eigenvalue weighted by Gasteiger charge is 2.35. The smallest absolute Gasteiger partial charge is 0.362 e. The van der Waals surface area contributed by atoms with E-state index in [2.05, 4.69) is 15.2 Å². The zero-order valence-corrected chi connectivity index (χ0v) is 13.5. The van der Waals surface area contributed by atoms with Crippen LogP contribution in [0, 0.1) is 6.92 Å². The topological polar surface area (TPSA) is 86.3 Å². The number of hydrogen-bond acceptors (Lipinski definition) is 6. The SMILES string of the molecule is Cc1noc([C@H]2CN(C(=O)Cn3ccc(C(F)(F)F)n3)C[C@@H](C)O2)n1. The molecule has 1 saturated heterocycles. The quantitative estimate of drug-likeness (QED) is 0.827. The molecule has 1 fully saturated rings. The zero-order valence-electron chi connectivity index (χ0n) is 13.5. The van der Waals surface area contributed by atoms with E-state index in [-0.39, 0.29) is 31.0 Å². The number of aromatic nitrogens is 4. The number of alkyl halides is 3. The highest BCUT2D eigenvalue weighted by atomic mass is 19.4. The van der Waals surface area contributed by atoms with Gasteiger partial charge in [0.2, 0.25) is 5.91 Å². The monoisotopic (exact) mass is 359 g/mol. The van der Waals surface area contributed by atoms with E-state index in [4.69, 9.17) is 9.26 Å². The molecule has 1 aliphatic rings. The summed E-state index contributed by atoms with van der Waals surface area (Å²) < 4.78 is 49.5. The number of hydrogen-bond donors (Lipinski definition) is 0. The Morgan fingerprint density at radius 2 is 2.16 bits per heavy atom. The van der Waals surface area contributed by atoms with E-state index in [1.807, 2.05) is 0 Å². The minimum atomic E-state index is -4.54. The van der Waals surface area contributed by atoms with Gasteiger partial charge in [-0.15, -0.1) is 0 Å². The first-order chi connectivity index (χ1) is 11.7. The summed E-state index contributed by atoms with van der Waals surface area (Å²) >= 11 is 0. The third kappa shape index (κ3) is 3.98. The van der Waals surface area contributed by atoms with Crippen LogP contribution in [0.5, 0.6) is 0 Å². The van der Waals surface area contributed by atoms with Gasteiger partial charge >= 0.3 is 6.18 Å². The molecule has 2 aromatic heterocycles. The lowest BCUT2D eigenvalue weighted by Gasteiger charge is -2.35. The molecule has 25 heavy (non-hydrogen) atoms. The van der Waals surface area contributed by atoms with Gasteiger partial charge in [0.25, 0.3) is 5.89 Å². The Kier molecular flexibility index (Phi) is 4.50. The number of nitrogens with zero attached hydrogens (tertiary/aromatic N) is 5. The number of morpholine rings is 1. The molecule has 11 heteroatoms. The van der Waals surface area contributed by atoms with E-state index in [0.29, 0.717) is 12.4 Å². The third-order valence-corrected chi connectivity index (χ3v) is 3.66. The minimum absolute atomic E-state index is 0.179. The molecule has 136 valence electrons. The van der Waals surface area contributed by atoms with Gasteiger partial charge in [-0.25, -0.2) is 0 Å². The van der Waals surface area contributed by atoms with Crippen LogP contribution in [-0.4, -0.2) is 49.9 Å². The second-order valence-corrected chi connectivity index (χ2v) is 5.81. The Morgan fingerprint density at radius 1 is 1.40 bits per heavy atom. The van der Waals surface area contributed by atoms with Crippen LogP contribution in [0.3, 0.4) is 0 Å². The van der Waals surface area contributed by atoms with Crippen LogP contribution in [0.2, 0.25) is 0 Å². The van der Waals surface area contributed by atoms with Gasteiger partial charge < -0.3 is 14.2 Å². The summed E-state index contributed by atoms with van der Waals surface area (Å²) in [7, 11) is 0. The predicted octanol–water partition coefficient (Wildman–Crippen LogP) is 1.58. The summed E-state index contributed by atoms with van der Waals surface area (Å²) in [6.07, 6.45) is -4.26. The van der Waals surface area contributed by atoms with Crippen LogP contribution in [0.25, 0.3) is 0 Å². The summed E-state index contributed by atoms with van der Waals surface area (Å²) in [5.74, 6) is 0.347. The molecular weight excluding hydrogens is 343 g/mol. The van der Waals surface area contributed by atoms with Crippen LogP contribution in [0.1, 0.15) is 30.4 Å². The molecule has 1 amide bonds. The predicted molar refractivity (Wildman–Crippen MR) is 76.1 cm³/mol. The minimum Gasteiger partial charge on any atom is -0.362 e. The van der Waals surface area contributed by atoms with Crippen molar-refractivity contribution in [3.63, 3.8) is 0 Å². The normalized spacial score (nSPS) is 21.6. The van der Waals surface area contributed by atoms with Crippen molar-refractivity contribution in [3.05, 3.63) is 29.7 Å². The van der Waals surface area contributed by atoms with Crippen LogP contribution < -0.4 is 0 Å². The Balaban J connectivity index is 1.67. The molecule has 0 aliphatic carbocycles. The molecule has 0 unspecified atom stereocenters. The van der Waals surface area contributed by atoms with E-state index >= 15 is 0 Å². The number of ether oxygens (including phenoxy) is 1. The maximum absolute atomic E-state index is 12.6. The first kappa shape index (κ1) is 17.4. The summed E-state index contributed by atoms with van der Waals surface area (Å²) in [5.41, 5.74) is -1.03. The van der Waals surface area contributed by atoms with E-state index in [9.17, 15) is 18.0 Å². The molecule has 3 rings (SSSR count). The lowest BCUT2D eigenvalue weighted by atomic mass is 10.2. The fourth-order valence-corrected chi connectivity index (χ4v) is 2.57. The molecule has 3 heterocycles. The molecule has 0 saturated carbocycles. The fraction of sp³-hybridized carbons (Fsp3) is 0.571. The van der Waals surface area contributed by atoms with Gasteiger partial charge in [0, 0.05) is 12.7 Å². The molecule has 2 aromatic rings. The summed E-state index contributed by atoms with van der Waals surface area (Å²) in [6.45, 7) is 3.65. The van der Waals surface area contributed by atoms with Crippen molar-refractivity contribution in [1.29, 1.82) is 0 Å². The Morgan fingerprint density at radius 3 is 2.76 bits per heavy atom. The van der Waals surface area contributed by atoms with Crippen LogP contribution in [0.4, 0.5) is 13.2 Å². The molecular formula is C14H16F3N5O3. The molecule has 8 nitrogen and oxygen atoms in total. The molecule has 0 bridgehead atoms. The Hall–Kier alpha value is -2.43. The second kappa shape index (κ2) is 6.47. The van der Waals surface area contributed by atoms with Crippen molar-refractivity contribution in [2.75, 3.05) is 13.1 Å². The van der Waals surface area contributed by atoms with Crippen LogP contribution in [-0.2, 0) is 22.3 Å². The molecule has 0 spiro atoms. The average molecular weight is 359 g/mol. The number of carbonyl (C=O) groups is 1. The highest BCUT2D eigenvalue weighted by molar-refractivity contribution is 5.76. The molecule has 0 radical (unpaired) electrons. The molecule has 1 aliphatic heterocycles. The van der Waals surface area contributed by atoms with Gasteiger partial charge in [-0.3, -0.25) is 9.48 Å². The number of carbonyl (C=O) groups excluding carboxylic acids is 1.